The number of benzene rings is 1. The smallest absolute Gasteiger partial charge is 0.287 e. The van der Waals surface area contributed by atoms with Crippen LogP contribution in [0, 0.1) is 17.6 Å². The van der Waals surface area contributed by atoms with E-state index in [2.05, 4.69) is 10.2 Å². The number of fused-ring (bicyclic) bond motifs is 3. The molecule has 0 spiro atoms. The van der Waals surface area contributed by atoms with Gasteiger partial charge in [0.05, 0.1) is 5.56 Å². The Kier molecular flexibility index (Phi) is 3.84. The fraction of sp³-hybridized carbons (Fsp3) is 0.389. The lowest BCUT2D eigenvalue weighted by molar-refractivity contribution is 0.0606. The van der Waals surface area contributed by atoms with Gasteiger partial charge in [0.2, 0.25) is 0 Å². The topological polar surface area (TPSA) is 45.5 Å². The third kappa shape index (κ3) is 2.82. The third-order valence-electron chi connectivity index (χ3n) is 5.00. The first-order valence-electron chi connectivity index (χ1n) is 8.18. The molecule has 0 unspecified atom stereocenters. The summed E-state index contributed by atoms with van der Waals surface area (Å²) in [6, 6.07) is 6.45. The van der Waals surface area contributed by atoms with Gasteiger partial charge in [0.25, 0.3) is 5.91 Å². The van der Waals surface area contributed by atoms with E-state index in [1.54, 1.807) is 0 Å². The van der Waals surface area contributed by atoms with Crippen molar-refractivity contribution in [2.75, 3.05) is 19.6 Å². The van der Waals surface area contributed by atoms with Crippen LogP contribution >= 0.6 is 0 Å². The van der Waals surface area contributed by atoms with E-state index in [-0.39, 0.29) is 29.0 Å². The molecule has 4 heterocycles. The van der Waals surface area contributed by atoms with Crippen LogP contribution in [-0.2, 0) is 0 Å². The summed E-state index contributed by atoms with van der Waals surface area (Å²) in [4.78, 5) is 14.7. The van der Waals surface area contributed by atoms with Crippen LogP contribution in [0.15, 0.2) is 34.7 Å². The van der Waals surface area contributed by atoms with E-state index in [0.717, 1.165) is 44.6 Å². The average molecular weight is 332 g/mol. The molecule has 0 saturated carbocycles. The van der Waals surface area contributed by atoms with E-state index >= 15 is 0 Å². The molecule has 5 rings (SSSR count). The minimum absolute atomic E-state index is 0.135. The molecular formula is C18H18F2N2O2. The predicted octanol–water partition coefficient (Wildman–Crippen LogP) is 3.05. The summed E-state index contributed by atoms with van der Waals surface area (Å²) in [5.41, 5.74) is 0.137. The summed E-state index contributed by atoms with van der Waals surface area (Å²) in [6.45, 7) is 3.08. The molecule has 4 nitrogen and oxygen atoms in total. The van der Waals surface area contributed by atoms with Gasteiger partial charge in [-0.3, -0.25) is 4.79 Å². The Morgan fingerprint density at radius 1 is 1.17 bits per heavy atom. The number of hydrogen-bond acceptors (Lipinski definition) is 3. The van der Waals surface area contributed by atoms with E-state index in [9.17, 15) is 13.6 Å². The molecule has 3 saturated heterocycles. The Balaban J connectivity index is 1.49. The van der Waals surface area contributed by atoms with Crippen molar-refractivity contribution < 1.29 is 18.0 Å². The Labute approximate surface area is 138 Å². The van der Waals surface area contributed by atoms with Gasteiger partial charge in [0.1, 0.15) is 17.4 Å². The van der Waals surface area contributed by atoms with Crippen molar-refractivity contribution in [1.29, 1.82) is 0 Å². The monoisotopic (exact) mass is 332 g/mol. The third-order valence-corrected chi connectivity index (χ3v) is 5.00. The molecule has 24 heavy (non-hydrogen) atoms. The summed E-state index contributed by atoms with van der Waals surface area (Å²) in [7, 11) is 0. The highest BCUT2D eigenvalue weighted by molar-refractivity contribution is 5.92. The number of hydrogen-bond donors (Lipinski definition) is 1. The molecule has 2 aromatic rings. The van der Waals surface area contributed by atoms with Gasteiger partial charge in [-0.05, 0) is 56.1 Å². The standard InChI is InChI=1S/C18H18F2N2O2/c19-12-1-2-13(14(20)9-12)16-3-4-17(24-16)18(23)21-15-10-22-7-5-11(15)6-8-22/h1-4,9,11,15H,5-8,10H2,(H,21,23)/t15-/m0/s1. The molecule has 6 heteroatoms. The van der Waals surface area contributed by atoms with Crippen LogP contribution < -0.4 is 5.32 Å². The number of halogens is 2. The first kappa shape index (κ1) is 15.3. The van der Waals surface area contributed by atoms with Crippen LogP contribution in [0.2, 0.25) is 0 Å². The highest BCUT2D eigenvalue weighted by atomic mass is 19.1. The molecule has 1 aromatic carbocycles. The van der Waals surface area contributed by atoms with Crippen molar-refractivity contribution in [3.63, 3.8) is 0 Å². The first-order chi connectivity index (χ1) is 11.6. The van der Waals surface area contributed by atoms with Crippen LogP contribution in [0.5, 0.6) is 0 Å². The number of nitrogens with zero attached hydrogens (tertiary/aromatic N) is 1. The second kappa shape index (κ2) is 6.02. The van der Waals surface area contributed by atoms with Crippen molar-refractivity contribution in [2.24, 2.45) is 5.92 Å². The number of rotatable bonds is 3. The first-order valence-corrected chi connectivity index (χ1v) is 8.18. The van der Waals surface area contributed by atoms with E-state index in [0.29, 0.717) is 5.92 Å². The summed E-state index contributed by atoms with van der Waals surface area (Å²) in [6.07, 6.45) is 2.21. The second-order valence-corrected chi connectivity index (χ2v) is 6.51. The SMILES string of the molecule is O=C(N[C@H]1CN2CCC1CC2)c1ccc(-c2ccc(F)cc2F)o1. The summed E-state index contributed by atoms with van der Waals surface area (Å²) < 4.78 is 32.3. The van der Waals surface area contributed by atoms with Gasteiger partial charge in [-0.25, -0.2) is 8.78 Å². The van der Waals surface area contributed by atoms with E-state index in [1.807, 2.05) is 0 Å². The van der Waals surface area contributed by atoms with E-state index < -0.39 is 11.6 Å². The van der Waals surface area contributed by atoms with Gasteiger partial charge >= 0.3 is 0 Å². The average Bonchev–Trinajstić information content (AvgIpc) is 3.06. The Morgan fingerprint density at radius 3 is 2.62 bits per heavy atom. The number of piperidine rings is 3. The van der Waals surface area contributed by atoms with Crippen LogP contribution in [0.25, 0.3) is 11.3 Å². The molecule has 1 N–H and O–H groups in total. The highest BCUT2D eigenvalue weighted by Gasteiger charge is 2.35. The Bertz CT molecular complexity index is 766. The number of amides is 1. The van der Waals surface area contributed by atoms with Crippen molar-refractivity contribution in [3.8, 4) is 11.3 Å². The van der Waals surface area contributed by atoms with Gasteiger partial charge < -0.3 is 14.6 Å². The van der Waals surface area contributed by atoms with Crippen LogP contribution in [0.3, 0.4) is 0 Å². The maximum absolute atomic E-state index is 13.8. The van der Waals surface area contributed by atoms with Crippen molar-refractivity contribution in [3.05, 3.63) is 47.7 Å². The highest BCUT2D eigenvalue weighted by Crippen LogP contribution is 2.29. The molecule has 1 aromatic heterocycles. The largest absolute Gasteiger partial charge is 0.451 e. The molecule has 1 amide bonds. The van der Waals surface area contributed by atoms with Gasteiger partial charge in [-0.1, -0.05) is 0 Å². The summed E-state index contributed by atoms with van der Waals surface area (Å²) in [5.74, 6) is -0.779. The summed E-state index contributed by atoms with van der Waals surface area (Å²) >= 11 is 0. The molecule has 1 atom stereocenters. The molecule has 3 aliphatic heterocycles. The van der Waals surface area contributed by atoms with Crippen LogP contribution in [0.1, 0.15) is 23.4 Å². The van der Waals surface area contributed by atoms with Gasteiger partial charge in [0.15, 0.2) is 5.76 Å². The zero-order valence-electron chi connectivity index (χ0n) is 13.1. The van der Waals surface area contributed by atoms with Gasteiger partial charge in [-0.15, -0.1) is 0 Å². The van der Waals surface area contributed by atoms with Crippen molar-refractivity contribution in [2.45, 2.75) is 18.9 Å². The molecule has 0 aliphatic carbocycles. The normalized spacial score (nSPS) is 25.7. The summed E-state index contributed by atoms with van der Waals surface area (Å²) in [5, 5.41) is 3.03. The molecule has 2 bridgehead atoms. The predicted molar refractivity (Wildman–Crippen MR) is 84.5 cm³/mol. The Morgan fingerprint density at radius 2 is 1.96 bits per heavy atom. The fourth-order valence-corrected chi connectivity index (χ4v) is 3.66. The van der Waals surface area contributed by atoms with Gasteiger partial charge in [-0.2, -0.15) is 0 Å². The maximum Gasteiger partial charge on any atom is 0.287 e. The number of furan rings is 1. The lowest BCUT2D eigenvalue weighted by Gasteiger charge is -2.44. The fourth-order valence-electron chi connectivity index (χ4n) is 3.66. The lowest BCUT2D eigenvalue weighted by atomic mass is 9.84. The molecule has 0 radical (unpaired) electrons. The number of nitrogens with one attached hydrogen (secondary N) is 1. The Hall–Kier alpha value is -2.21. The number of carbonyl (C=O) groups excluding carboxylic acids is 1. The van der Waals surface area contributed by atoms with Crippen LogP contribution in [-0.4, -0.2) is 36.5 Å². The maximum atomic E-state index is 13.8. The number of carbonyl (C=O) groups is 1. The minimum Gasteiger partial charge on any atom is -0.451 e. The molecular weight excluding hydrogens is 314 g/mol. The molecule has 3 fully saturated rings. The zero-order valence-corrected chi connectivity index (χ0v) is 13.1. The van der Waals surface area contributed by atoms with Gasteiger partial charge in [0, 0.05) is 18.7 Å². The quantitative estimate of drug-likeness (QED) is 0.940. The van der Waals surface area contributed by atoms with Crippen LogP contribution in [0.4, 0.5) is 8.78 Å². The molecule has 126 valence electrons. The lowest BCUT2D eigenvalue weighted by Crippen LogP contribution is -2.57. The van der Waals surface area contributed by atoms with E-state index in [4.69, 9.17) is 4.42 Å². The van der Waals surface area contributed by atoms with Crippen molar-refractivity contribution >= 4 is 5.91 Å². The zero-order chi connectivity index (χ0) is 16.7. The second-order valence-electron chi connectivity index (χ2n) is 6.51. The molecule has 3 aliphatic rings. The minimum atomic E-state index is -0.714. The van der Waals surface area contributed by atoms with Crippen molar-refractivity contribution in [1.82, 2.24) is 10.2 Å². The van der Waals surface area contributed by atoms with E-state index in [1.165, 1.54) is 18.2 Å².